The van der Waals surface area contributed by atoms with Gasteiger partial charge >= 0.3 is 0 Å². The van der Waals surface area contributed by atoms with Gasteiger partial charge in [0.05, 0.1) is 6.04 Å². The molecule has 2 rings (SSSR count). The quantitative estimate of drug-likeness (QED) is 0.912. The zero-order chi connectivity index (χ0) is 14.0. The monoisotopic (exact) mass is 268 g/mol. The molecule has 106 valence electrons. The molecule has 0 radical (unpaired) electrons. The lowest BCUT2D eigenvalue weighted by Crippen LogP contribution is -2.53. The number of hydrogen-bond donors (Lipinski definition) is 1. The fraction of sp³-hybridized carbons (Fsp3) is 0.600. The largest absolute Gasteiger partial charge is 0.322 e. The molecule has 1 aliphatic carbocycles. The van der Waals surface area contributed by atoms with Crippen LogP contribution in [0.15, 0.2) is 18.2 Å². The van der Waals surface area contributed by atoms with Crippen molar-refractivity contribution in [2.24, 2.45) is 5.73 Å². The van der Waals surface area contributed by atoms with Crippen molar-refractivity contribution in [1.29, 1.82) is 0 Å². The Bertz CT molecular complexity index is 440. The van der Waals surface area contributed by atoms with Gasteiger partial charge < -0.3 is 10.6 Å². The van der Waals surface area contributed by atoms with Gasteiger partial charge in [0, 0.05) is 11.1 Å². The van der Waals surface area contributed by atoms with Gasteiger partial charge in [0.15, 0.2) is 11.6 Å². The van der Waals surface area contributed by atoms with Crippen LogP contribution in [-0.2, 0) is 0 Å². The van der Waals surface area contributed by atoms with Gasteiger partial charge in [-0.2, -0.15) is 0 Å². The Kier molecular flexibility index (Phi) is 4.21. The Morgan fingerprint density at radius 2 is 1.79 bits per heavy atom. The smallest absolute Gasteiger partial charge is 0.163 e. The molecule has 1 fully saturated rings. The first-order valence-electron chi connectivity index (χ1n) is 6.86. The van der Waals surface area contributed by atoms with Crippen molar-refractivity contribution in [2.75, 3.05) is 14.1 Å². The van der Waals surface area contributed by atoms with E-state index in [0.29, 0.717) is 0 Å². The summed E-state index contributed by atoms with van der Waals surface area (Å²) in [5.74, 6) is -1.63. The third kappa shape index (κ3) is 2.51. The molecule has 1 aromatic rings. The van der Waals surface area contributed by atoms with E-state index >= 15 is 0 Å². The average molecular weight is 268 g/mol. The summed E-state index contributed by atoms with van der Waals surface area (Å²) in [6.07, 6.45) is 5.22. The van der Waals surface area contributed by atoms with E-state index in [1.807, 2.05) is 14.1 Å². The van der Waals surface area contributed by atoms with E-state index in [2.05, 4.69) is 4.90 Å². The second-order valence-corrected chi connectivity index (χ2v) is 5.68. The fourth-order valence-corrected chi connectivity index (χ4v) is 3.25. The fourth-order valence-electron chi connectivity index (χ4n) is 3.25. The summed E-state index contributed by atoms with van der Waals surface area (Å²) in [6, 6.07) is 3.76. The predicted molar refractivity (Wildman–Crippen MR) is 72.8 cm³/mol. The van der Waals surface area contributed by atoms with Gasteiger partial charge in [-0.05, 0) is 33.0 Å². The van der Waals surface area contributed by atoms with Crippen LogP contribution in [0.4, 0.5) is 8.78 Å². The molecule has 1 atom stereocenters. The minimum absolute atomic E-state index is 0.271. The van der Waals surface area contributed by atoms with Crippen molar-refractivity contribution >= 4 is 0 Å². The predicted octanol–water partition coefficient (Wildman–Crippen LogP) is 3.23. The number of likely N-dealkylation sites (N-methyl/N-ethyl adjacent to an activating group) is 1. The summed E-state index contributed by atoms with van der Waals surface area (Å²) in [5, 5.41) is 0. The SMILES string of the molecule is CN(C)C1(C(N)c2cccc(F)c2F)CCCCC1. The maximum absolute atomic E-state index is 14.0. The summed E-state index contributed by atoms with van der Waals surface area (Å²) >= 11 is 0. The third-order valence-electron chi connectivity index (χ3n) is 4.51. The molecule has 1 aliphatic rings. The molecule has 4 heteroatoms. The molecular weight excluding hydrogens is 246 g/mol. The number of nitrogens with zero attached hydrogens (tertiary/aromatic N) is 1. The number of nitrogens with two attached hydrogens (primary N) is 1. The van der Waals surface area contributed by atoms with E-state index in [1.165, 1.54) is 12.5 Å². The molecular formula is C15H22F2N2. The van der Waals surface area contributed by atoms with Crippen LogP contribution in [0, 0.1) is 11.6 Å². The Hall–Kier alpha value is -1.00. The van der Waals surface area contributed by atoms with Gasteiger partial charge in [0.1, 0.15) is 0 Å². The van der Waals surface area contributed by atoms with E-state index in [9.17, 15) is 8.78 Å². The van der Waals surface area contributed by atoms with Crippen molar-refractivity contribution < 1.29 is 8.78 Å². The molecule has 1 saturated carbocycles. The number of hydrogen-bond acceptors (Lipinski definition) is 2. The van der Waals surface area contributed by atoms with Crippen LogP contribution in [0.3, 0.4) is 0 Å². The Morgan fingerprint density at radius 1 is 1.16 bits per heavy atom. The van der Waals surface area contributed by atoms with Crippen molar-refractivity contribution in [1.82, 2.24) is 4.90 Å². The molecule has 1 unspecified atom stereocenters. The molecule has 2 nitrogen and oxygen atoms in total. The minimum atomic E-state index is -0.822. The zero-order valence-electron chi connectivity index (χ0n) is 11.6. The average Bonchev–Trinajstić information content (AvgIpc) is 2.41. The number of rotatable bonds is 3. The van der Waals surface area contributed by atoms with Crippen molar-refractivity contribution in [3.05, 3.63) is 35.4 Å². The summed E-state index contributed by atoms with van der Waals surface area (Å²) in [5.41, 5.74) is 6.34. The van der Waals surface area contributed by atoms with Crippen LogP contribution in [0.5, 0.6) is 0 Å². The highest BCUT2D eigenvalue weighted by Gasteiger charge is 2.41. The Labute approximate surface area is 113 Å². The van der Waals surface area contributed by atoms with E-state index in [1.54, 1.807) is 6.07 Å². The van der Waals surface area contributed by atoms with Crippen LogP contribution in [0.25, 0.3) is 0 Å². The van der Waals surface area contributed by atoms with Crippen LogP contribution in [-0.4, -0.2) is 24.5 Å². The number of halogens is 2. The highest BCUT2D eigenvalue weighted by molar-refractivity contribution is 5.26. The maximum Gasteiger partial charge on any atom is 0.163 e. The van der Waals surface area contributed by atoms with Gasteiger partial charge in [0.25, 0.3) is 0 Å². The third-order valence-corrected chi connectivity index (χ3v) is 4.51. The standard InChI is InChI=1S/C15H22F2N2/c1-19(2)15(9-4-3-5-10-15)14(18)11-7-6-8-12(16)13(11)17/h6-8,14H,3-5,9-10,18H2,1-2H3. The first kappa shape index (κ1) is 14.4. The van der Waals surface area contributed by atoms with Crippen LogP contribution < -0.4 is 5.73 Å². The summed E-state index contributed by atoms with van der Waals surface area (Å²) in [6.45, 7) is 0. The van der Waals surface area contributed by atoms with Crippen LogP contribution >= 0.6 is 0 Å². The second-order valence-electron chi connectivity index (χ2n) is 5.68. The molecule has 0 saturated heterocycles. The summed E-state index contributed by atoms with van der Waals surface area (Å²) < 4.78 is 27.4. The molecule has 0 amide bonds. The van der Waals surface area contributed by atoms with E-state index < -0.39 is 17.7 Å². The van der Waals surface area contributed by atoms with Crippen molar-refractivity contribution in [3.63, 3.8) is 0 Å². The van der Waals surface area contributed by atoms with Crippen LogP contribution in [0.2, 0.25) is 0 Å². The van der Waals surface area contributed by atoms with Crippen molar-refractivity contribution in [2.45, 2.75) is 43.7 Å². The number of benzene rings is 1. The van der Waals surface area contributed by atoms with Gasteiger partial charge in [-0.15, -0.1) is 0 Å². The van der Waals surface area contributed by atoms with Crippen molar-refractivity contribution in [3.8, 4) is 0 Å². The lowest BCUT2D eigenvalue weighted by atomic mass is 9.73. The molecule has 1 aromatic carbocycles. The van der Waals surface area contributed by atoms with Gasteiger partial charge in [-0.25, -0.2) is 8.78 Å². The normalized spacial score (nSPS) is 20.5. The van der Waals surface area contributed by atoms with Gasteiger partial charge in [0.2, 0.25) is 0 Å². The lowest BCUT2D eigenvalue weighted by Gasteiger charge is -2.47. The molecule has 0 aromatic heterocycles. The maximum atomic E-state index is 14.0. The highest BCUT2D eigenvalue weighted by atomic mass is 19.2. The molecule has 0 aliphatic heterocycles. The second kappa shape index (κ2) is 5.55. The Morgan fingerprint density at radius 3 is 2.37 bits per heavy atom. The van der Waals surface area contributed by atoms with Gasteiger partial charge in [-0.1, -0.05) is 31.4 Å². The summed E-state index contributed by atoms with van der Waals surface area (Å²) in [4.78, 5) is 2.08. The highest BCUT2D eigenvalue weighted by Crippen LogP contribution is 2.41. The lowest BCUT2D eigenvalue weighted by molar-refractivity contribution is 0.0698. The molecule has 0 heterocycles. The van der Waals surface area contributed by atoms with E-state index in [4.69, 9.17) is 5.73 Å². The van der Waals surface area contributed by atoms with E-state index in [0.717, 1.165) is 31.7 Å². The van der Waals surface area contributed by atoms with E-state index in [-0.39, 0.29) is 11.1 Å². The van der Waals surface area contributed by atoms with Crippen LogP contribution in [0.1, 0.15) is 43.7 Å². The first-order valence-corrected chi connectivity index (χ1v) is 6.86. The molecule has 19 heavy (non-hydrogen) atoms. The Balaban J connectivity index is 2.39. The molecule has 0 bridgehead atoms. The zero-order valence-corrected chi connectivity index (χ0v) is 11.6. The minimum Gasteiger partial charge on any atom is -0.322 e. The molecule has 0 spiro atoms. The first-order chi connectivity index (χ1) is 8.99. The topological polar surface area (TPSA) is 29.3 Å². The van der Waals surface area contributed by atoms with Gasteiger partial charge in [-0.3, -0.25) is 0 Å². The summed E-state index contributed by atoms with van der Waals surface area (Å²) in [7, 11) is 3.95. The molecule has 2 N–H and O–H groups in total.